The number of rotatable bonds is 6. The van der Waals surface area contributed by atoms with Crippen LogP contribution in [0.4, 0.5) is 4.39 Å². The largest absolute Gasteiger partial charge is 0.453 e. The average Bonchev–Trinajstić information content (AvgIpc) is 2.51. The van der Waals surface area contributed by atoms with Crippen LogP contribution in [0.25, 0.3) is 0 Å². The molecule has 21 heavy (non-hydrogen) atoms. The third-order valence-corrected chi connectivity index (χ3v) is 4.11. The monoisotopic (exact) mass is 305 g/mol. The molecule has 2 N–H and O–H groups in total. The second-order valence-corrected chi connectivity index (χ2v) is 5.70. The molecule has 0 aliphatic heterocycles. The highest BCUT2D eigenvalue weighted by molar-refractivity contribution is 7.98. The van der Waals surface area contributed by atoms with Crippen LogP contribution in [0.2, 0.25) is 0 Å². The summed E-state index contributed by atoms with van der Waals surface area (Å²) in [5.41, 5.74) is 6.80. The topological polar surface area (TPSA) is 35.2 Å². The van der Waals surface area contributed by atoms with Gasteiger partial charge >= 0.3 is 0 Å². The van der Waals surface area contributed by atoms with Gasteiger partial charge in [-0.2, -0.15) is 0 Å². The van der Waals surface area contributed by atoms with Gasteiger partial charge in [0.05, 0.1) is 0 Å². The van der Waals surface area contributed by atoms with Crippen molar-refractivity contribution in [2.24, 2.45) is 5.73 Å². The molecular weight excluding hydrogens is 285 g/mol. The summed E-state index contributed by atoms with van der Waals surface area (Å²) in [7, 11) is 0. The lowest BCUT2D eigenvalue weighted by Gasteiger charge is -2.16. The summed E-state index contributed by atoms with van der Waals surface area (Å²) in [5, 5.41) is 0. The fourth-order valence-corrected chi connectivity index (χ4v) is 2.59. The van der Waals surface area contributed by atoms with Crippen LogP contribution in [-0.4, -0.2) is 12.3 Å². The van der Waals surface area contributed by atoms with E-state index in [1.807, 2.05) is 43.5 Å². The van der Waals surface area contributed by atoms with Crippen LogP contribution in [0, 0.1) is 5.82 Å². The first-order valence-electron chi connectivity index (χ1n) is 6.99. The zero-order chi connectivity index (χ0) is 15.2. The van der Waals surface area contributed by atoms with Gasteiger partial charge in [0.2, 0.25) is 0 Å². The van der Waals surface area contributed by atoms with Gasteiger partial charge in [-0.1, -0.05) is 31.2 Å². The van der Waals surface area contributed by atoms with Crippen molar-refractivity contribution in [3.63, 3.8) is 0 Å². The Kier molecular flexibility index (Phi) is 5.65. The molecule has 1 atom stereocenters. The van der Waals surface area contributed by atoms with Crippen LogP contribution >= 0.6 is 11.8 Å². The average molecular weight is 305 g/mol. The molecule has 0 saturated carbocycles. The predicted molar refractivity (Wildman–Crippen MR) is 86.7 cm³/mol. The minimum absolute atomic E-state index is 0.00458. The van der Waals surface area contributed by atoms with Crippen LogP contribution < -0.4 is 10.5 Å². The third kappa shape index (κ3) is 3.99. The molecule has 0 aromatic heterocycles. The van der Waals surface area contributed by atoms with Gasteiger partial charge in [0, 0.05) is 10.9 Å². The number of thioether (sulfide) groups is 1. The second-order valence-electron chi connectivity index (χ2n) is 4.85. The highest BCUT2D eigenvalue weighted by Gasteiger charge is 2.14. The first-order chi connectivity index (χ1) is 10.2. The molecule has 0 bridgehead atoms. The molecular formula is C17H20FNOS. The van der Waals surface area contributed by atoms with E-state index in [1.54, 1.807) is 17.8 Å². The lowest BCUT2D eigenvalue weighted by molar-refractivity contribution is 0.425. The van der Waals surface area contributed by atoms with Gasteiger partial charge in [-0.15, -0.1) is 11.8 Å². The van der Waals surface area contributed by atoms with Crippen molar-refractivity contribution in [1.82, 2.24) is 0 Å². The number of nitrogens with two attached hydrogens (primary N) is 1. The van der Waals surface area contributed by atoms with Gasteiger partial charge in [0.1, 0.15) is 5.75 Å². The summed E-state index contributed by atoms with van der Waals surface area (Å²) in [6, 6.07) is 12.6. The van der Waals surface area contributed by atoms with Gasteiger partial charge in [-0.3, -0.25) is 0 Å². The Balaban J connectivity index is 2.34. The van der Waals surface area contributed by atoms with E-state index in [9.17, 15) is 4.39 Å². The van der Waals surface area contributed by atoms with E-state index < -0.39 is 0 Å². The molecule has 4 heteroatoms. The maximum atomic E-state index is 14.2. The summed E-state index contributed by atoms with van der Waals surface area (Å²) >= 11 is 1.57. The Morgan fingerprint density at radius 2 is 1.95 bits per heavy atom. The number of hydrogen-bond acceptors (Lipinski definition) is 3. The first kappa shape index (κ1) is 15.9. The zero-order valence-corrected chi connectivity index (χ0v) is 13.1. The Morgan fingerprint density at radius 1 is 1.19 bits per heavy atom. The molecule has 1 unspecified atom stereocenters. The van der Waals surface area contributed by atoms with Crippen LogP contribution in [0.3, 0.4) is 0 Å². The predicted octanol–water partition coefficient (Wildman–Crippen LogP) is 4.62. The standard InChI is InChI=1S/C17H20FNOS/c1-3-13(19)11-12-7-6-8-14(18)17(12)20-15-9-4-5-10-16(15)21-2/h4-10,13H,3,11,19H2,1-2H3. The lowest BCUT2D eigenvalue weighted by Crippen LogP contribution is -2.21. The van der Waals surface area contributed by atoms with Crippen molar-refractivity contribution in [2.75, 3.05) is 6.26 Å². The molecule has 0 heterocycles. The number of ether oxygens (including phenoxy) is 1. The van der Waals surface area contributed by atoms with Crippen molar-refractivity contribution in [3.05, 3.63) is 53.8 Å². The number of benzene rings is 2. The van der Waals surface area contributed by atoms with Gasteiger partial charge in [-0.25, -0.2) is 4.39 Å². The molecule has 0 amide bonds. The van der Waals surface area contributed by atoms with Crippen LogP contribution in [0.5, 0.6) is 11.5 Å². The molecule has 2 aromatic carbocycles. The Bertz CT molecular complexity index is 603. The summed E-state index contributed by atoms with van der Waals surface area (Å²) in [6.45, 7) is 2.02. The van der Waals surface area contributed by atoms with E-state index in [-0.39, 0.29) is 17.6 Å². The van der Waals surface area contributed by atoms with Crippen LogP contribution in [0.15, 0.2) is 47.4 Å². The SMILES string of the molecule is CCC(N)Cc1cccc(F)c1Oc1ccccc1SC. The van der Waals surface area contributed by atoms with Gasteiger partial charge in [-0.05, 0) is 42.9 Å². The summed E-state index contributed by atoms with van der Waals surface area (Å²) in [4.78, 5) is 0.978. The Morgan fingerprint density at radius 3 is 2.67 bits per heavy atom. The number of hydrogen-bond donors (Lipinski definition) is 1. The Labute approximate surface area is 129 Å². The molecule has 0 spiro atoms. The van der Waals surface area contributed by atoms with E-state index >= 15 is 0 Å². The number of halogens is 1. The molecule has 0 aliphatic rings. The van der Waals surface area contributed by atoms with Gasteiger partial charge < -0.3 is 10.5 Å². The summed E-state index contributed by atoms with van der Waals surface area (Å²) in [6.07, 6.45) is 3.42. The van der Waals surface area contributed by atoms with Gasteiger partial charge in [0.25, 0.3) is 0 Å². The summed E-state index contributed by atoms with van der Waals surface area (Å²) < 4.78 is 20.0. The quantitative estimate of drug-likeness (QED) is 0.791. The molecule has 0 radical (unpaired) electrons. The molecule has 112 valence electrons. The molecule has 0 saturated heterocycles. The fraction of sp³-hybridized carbons (Fsp3) is 0.294. The number of para-hydroxylation sites is 2. The lowest BCUT2D eigenvalue weighted by atomic mass is 10.0. The van der Waals surface area contributed by atoms with E-state index in [2.05, 4.69) is 0 Å². The normalized spacial score (nSPS) is 12.2. The van der Waals surface area contributed by atoms with Crippen molar-refractivity contribution < 1.29 is 9.13 Å². The highest BCUT2D eigenvalue weighted by atomic mass is 32.2. The minimum Gasteiger partial charge on any atom is -0.453 e. The smallest absolute Gasteiger partial charge is 0.166 e. The molecule has 2 aromatic rings. The fourth-order valence-electron chi connectivity index (χ4n) is 2.07. The summed E-state index contributed by atoms with van der Waals surface area (Å²) in [5.74, 6) is 0.594. The molecule has 2 nitrogen and oxygen atoms in total. The van der Waals surface area contributed by atoms with E-state index in [0.29, 0.717) is 12.2 Å². The van der Waals surface area contributed by atoms with Crippen molar-refractivity contribution in [1.29, 1.82) is 0 Å². The van der Waals surface area contributed by atoms with Crippen LogP contribution in [0.1, 0.15) is 18.9 Å². The Hall–Kier alpha value is -1.52. The first-order valence-corrected chi connectivity index (χ1v) is 8.22. The molecule has 2 rings (SSSR count). The van der Waals surface area contributed by atoms with Crippen molar-refractivity contribution in [3.8, 4) is 11.5 Å². The van der Waals surface area contributed by atoms with E-state index in [1.165, 1.54) is 6.07 Å². The highest BCUT2D eigenvalue weighted by Crippen LogP contribution is 2.34. The maximum absolute atomic E-state index is 14.2. The van der Waals surface area contributed by atoms with E-state index in [4.69, 9.17) is 10.5 Å². The van der Waals surface area contributed by atoms with E-state index in [0.717, 1.165) is 16.9 Å². The van der Waals surface area contributed by atoms with Gasteiger partial charge in [0.15, 0.2) is 11.6 Å². The maximum Gasteiger partial charge on any atom is 0.166 e. The van der Waals surface area contributed by atoms with Crippen molar-refractivity contribution >= 4 is 11.8 Å². The molecule has 0 fully saturated rings. The molecule has 0 aliphatic carbocycles. The second kappa shape index (κ2) is 7.48. The zero-order valence-electron chi connectivity index (χ0n) is 12.3. The minimum atomic E-state index is -0.355. The van der Waals surface area contributed by atoms with Crippen LogP contribution in [-0.2, 0) is 6.42 Å². The third-order valence-electron chi connectivity index (χ3n) is 3.34. The van der Waals surface area contributed by atoms with Crippen molar-refractivity contribution in [2.45, 2.75) is 30.7 Å².